The highest BCUT2D eigenvalue weighted by Gasteiger charge is 2.20. The van der Waals surface area contributed by atoms with E-state index in [1.807, 2.05) is 60.8 Å². The first kappa shape index (κ1) is 19.3. The van der Waals surface area contributed by atoms with Gasteiger partial charge in [0.2, 0.25) is 0 Å². The lowest BCUT2D eigenvalue weighted by Gasteiger charge is -2.13. The Morgan fingerprint density at radius 2 is 1.61 bits per heavy atom. The topological polar surface area (TPSA) is 63.6 Å². The molecule has 1 N–H and O–H groups in total. The van der Waals surface area contributed by atoms with Gasteiger partial charge in [-0.15, -0.1) is 0 Å². The minimum atomic E-state index is -0.120. The van der Waals surface area contributed by atoms with Gasteiger partial charge in [-0.25, -0.2) is 9.97 Å². The molecule has 2 aliphatic rings. The van der Waals surface area contributed by atoms with E-state index in [1.165, 1.54) is 0 Å². The maximum atomic E-state index is 13.2. The van der Waals surface area contributed by atoms with Gasteiger partial charge in [-0.2, -0.15) is 0 Å². The van der Waals surface area contributed by atoms with E-state index >= 15 is 0 Å². The second-order valence-electron chi connectivity index (χ2n) is 7.40. The summed E-state index contributed by atoms with van der Waals surface area (Å²) in [6, 6.07) is 23.7. The standard InChI is InChI=1S/C25H19ClN4O/c26-23-12-11-18(15-27-23)14-21-25(31)30-16-22(19-9-5-2-6-10-19)28-20(24(30)29-21)13-17-7-3-1-4-8-17/h1-12,15-16,28H,13-14H2. The highest BCUT2D eigenvalue weighted by Crippen LogP contribution is 2.23. The van der Waals surface area contributed by atoms with Crippen LogP contribution in [0.15, 0.2) is 90.0 Å². The summed E-state index contributed by atoms with van der Waals surface area (Å²) in [5, 5.41) is 0.424. The van der Waals surface area contributed by atoms with Gasteiger partial charge in [0.15, 0.2) is 5.82 Å². The molecule has 0 atom stereocenters. The van der Waals surface area contributed by atoms with Crippen LogP contribution in [-0.4, -0.2) is 19.5 Å². The van der Waals surface area contributed by atoms with Crippen molar-refractivity contribution in [3.05, 3.63) is 123 Å². The van der Waals surface area contributed by atoms with Crippen LogP contribution in [0.4, 0.5) is 0 Å². The molecule has 5 nitrogen and oxygen atoms in total. The van der Waals surface area contributed by atoms with Crippen molar-refractivity contribution in [1.82, 2.24) is 19.5 Å². The molecule has 0 unspecified atom stereocenters. The fourth-order valence-electron chi connectivity index (χ4n) is 3.68. The van der Waals surface area contributed by atoms with E-state index < -0.39 is 0 Å². The molecule has 6 heteroatoms. The van der Waals surface area contributed by atoms with E-state index in [2.05, 4.69) is 22.1 Å². The maximum absolute atomic E-state index is 13.2. The Kier molecular flexibility index (Phi) is 5.10. The Morgan fingerprint density at radius 3 is 2.32 bits per heavy atom. The Bertz CT molecular complexity index is 1340. The van der Waals surface area contributed by atoms with Crippen molar-refractivity contribution in [2.45, 2.75) is 12.8 Å². The zero-order chi connectivity index (χ0) is 21.2. The summed E-state index contributed by atoms with van der Waals surface area (Å²) in [5.41, 5.74) is 5.17. The van der Waals surface area contributed by atoms with Crippen LogP contribution in [-0.2, 0) is 12.8 Å². The molecule has 0 saturated heterocycles. The van der Waals surface area contributed by atoms with Crippen LogP contribution in [0.5, 0.6) is 0 Å². The van der Waals surface area contributed by atoms with Crippen LogP contribution in [0.2, 0.25) is 5.15 Å². The molecule has 0 fully saturated rings. The molecule has 3 heterocycles. The number of benzene rings is 2. The smallest absolute Gasteiger partial charge is 0.278 e. The molecule has 0 aliphatic carbocycles. The zero-order valence-electron chi connectivity index (χ0n) is 16.6. The maximum Gasteiger partial charge on any atom is 0.278 e. The normalized spacial score (nSPS) is 11.1. The second-order valence-corrected chi connectivity index (χ2v) is 7.79. The monoisotopic (exact) mass is 426 g/mol. The van der Waals surface area contributed by atoms with Gasteiger partial charge in [-0.05, 0) is 22.8 Å². The Hall–Kier alpha value is -3.70. The highest BCUT2D eigenvalue weighted by molar-refractivity contribution is 6.29. The number of nitrogens with one attached hydrogen (secondary N) is 1. The number of hydrogen-bond acceptors (Lipinski definition) is 3. The minimum absolute atomic E-state index is 0.120. The van der Waals surface area contributed by atoms with Crippen LogP contribution in [0.25, 0.3) is 17.1 Å². The number of pyridine rings is 1. The zero-order valence-corrected chi connectivity index (χ0v) is 17.4. The van der Waals surface area contributed by atoms with Crippen molar-refractivity contribution >= 4 is 11.6 Å². The summed E-state index contributed by atoms with van der Waals surface area (Å²) in [6.45, 7) is 0. The van der Waals surface area contributed by atoms with E-state index in [-0.39, 0.29) is 5.56 Å². The van der Waals surface area contributed by atoms with Crippen molar-refractivity contribution < 1.29 is 0 Å². The number of nitrogens with zero attached hydrogens (tertiary/aromatic N) is 3. The molecule has 31 heavy (non-hydrogen) atoms. The van der Waals surface area contributed by atoms with Gasteiger partial charge < -0.3 is 4.98 Å². The summed E-state index contributed by atoms with van der Waals surface area (Å²) in [6.07, 6.45) is 4.55. The van der Waals surface area contributed by atoms with Gasteiger partial charge >= 0.3 is 0 Å². The largest absolute Gasteiger partial charge is 0.354 e. The Balaban J connectivity index is 1.63. The molecule has 0 saturated carbocycles. The number of halogens is 1. The number of rotatable bonds is 5. The second kappa shape index (κ2) is 8.20. The molecule has 152 valence electrons. The van der Waals surface area contributed by atoms with Crippen molar-refractivity contribution in [3.63, 3.8) is 0 Å². The van der Waals surface area contributed by atoms with Gasteiger partial charge in [0, 0.05) is 25.2 Å². The SMILES string of the molecule is O=c1c(Cc2ccc(Cl)nc2)nc2c(Cc3ccccc3)[nH]c(-c3ccccc3)cn1-2. The van der Waals surface area contributed by atoms with E-state index in [4.69, 9.17) is 16.6 Å². The average Bonchev–Trinajstić information content (AvgIpc) is 3.12. The summed E-state index contributed by atoms with van der Waals surface area (Å²) < 4.78 is 1.65. The predicted molar refractivity (Wildman–Crippen MR) is 122 cm³/mol. The van der Waals surface area contributed by atoms with Crippen LogP contribution in [0, 0.1) is 0 Å². The molecule has 0 radical (unpaired) electrons. The summed E-state index contributed by atoms with van der Waals surface area (Å²) in [7, 11) is 0. The van der Waals surface area contributed by atoms with Crippen LogP contribution in [0.1, 0.15) is 22.5 Å². The molecule has 5 rings (SSSR count). The van der Waals surface area contributed by atoms with Crippen LogP contribution < -0.4 is 5.56 Å². The lowest BCUT2D eigenvalue weighted by molar-refractivity contribution is 0.914. The molecular formula is C25H19ClN4O. The fourth-order valence-corrected chi connectivity index (χ4v) is 3.80. The Labute approximate surface area is 184 Å². The van der Waals surface area contributed by atoms with Gasteiger partial charge in [0.1, 0.15) is 10.8 Å². The van der Waals surface area contributed by atoms with Crippen molar-refractivity contribution in [2.75, 3.05) is 0 Å². The summed E-state index contributed by atoms with van der Waals surface area (Å²) >= 11 is 5.89. The summed E-state index contributed by atoms with van der Waals surface area (Å²) in [4.78, 5) is 25.6. The molecule has 0 spiro atoms. The molecular weight excluding hydrogens is 408 g/mol. The van der Waals surface area contributed by atoms with Crippen molar-refractivity contribution in [1.29, 1.82) is 0 Å². The number of aromatic amines is 1. The first-order valence-electron chi connectivity index (χ1n) is 10.0. The van der Waals surface area contributed by atoms with Crippen LogP contribution >= 0.6 is 11.6 Å². The van der Waals surface area contributed by atoms with E-state index in [0.29, 0.717) is 29.5 Å². The third kappa shape index (κ3) is 4.00. The molecule has 0 amide bonds. The number of H-pyrrole nitrogens is 1. The molecule has 0 bridgehead atoms. The van der Waals surface area contributed by atoms with E-state index in [0.717, 1.165) is 28.1 Å². The third-order valence-corrected chi connectivity index (χ3v) is 5.44. The number of fused-ring (bicyclic) bond motifs is 1. The summed E-state index contributed by atoms with van der Waals surface area (Å²) in [5.74, 6) is 0.644. The van der Waals surface area contributed by atoms with Crippen molar-refractivity contribution in [3.8, 4) is 17.1 Å². The minimum Gasteiger partial charge on any atom is -0.354 e. The van der Waals surface area contributed by atoms with Gasteiger partial charge in [0.05, 0.1) is 11.4 Å². The van der Waals surface area contributed by atoms with Crippen LogP contribution in [0.3, 0.4) is 0 Å². The number of imidazole rings is 1. The number of aromatic nitrogens is 4. The molecule has 2 aliphatic heterocycles. The quantitative estimate of drug-likeness (QED) is 0.407. The first-order chi connectivity index (χ1) is 15.2. The first-order valence-corrected chi connectivity index (χ1v) is 10.4. The lowest BCUT2D eigenvalue weighted by atomic mass is 10.1. The molecule has 2 aromatic carbocycles. The molecule has 1 aromatic heterocycles. The highest BCUT2D eigenvalue weighted by atomic mass is 35.5. The predicted octanol–water partition coefficient (Wildman–Crippen LogP) is 4.90. The fraction of sp³-hybridized carbons (Fsp3) is 0.0800. The average molecular weight is 427 g/mol. The lowest BCUT2D eigenvalue weighted by Crippen LogP contribution is -2.17. The van der Waals surface area contributed by atoms with Gasteiger partial charge in [0.25, 0.3) is 5.56 Å². The molecule has 3 aromatic rings. The Morgan fingerprint density at radius 1 is 0.871 bits per heavy atom. The van der Waals surface area contributed by atoms with Gasteiger partial charge in [-0.1, -0.05) is 78.3 Å². The van der Waals surface area contributed by atoms with Crippen molar-refractivity contribution in [2.24, 2.45) is 0 Å². The number of hydrogen-bond donors (Lipinski definition) is 1. The third-order valence-electron chi connectivity index (χ3n) is 5.22. The van der Waals surface area contributed by atoms with E-state index in [1.54, 1.807) is 16.8 Å². The van der Waals surface area contributed by atoms with Gasteiger partial charge in [-0.3, -0.25) is 9.36 Å². The van der Waals surface area contributed by atoms with E-state index in [9.17, 15) is 4.79 Å².